The average Bonchev–Trinajstić information content (AvgIpc) is 3.03. The van der Waals surface area contributed by atoms with Crippen LogP contribution < -0.4 is 15.4 Å². The first-order valence-electron chi connectivity index (χ1n) is 8.85. The lowest BCUT2D eigenvalue weighted by atomic mass is 9.86. The molecule has 128 valence electrons. The molecule has 3 aliphatic rings. The van der Waals surface area contributed by atoms with Gasteiger partial charge in [0.2, 0.25) is 0 Å². The van der Waals surface area contributed by atoms with E-state index < -0.39 is 0 Å². The predicted molar refractivity (Wildman–Crippen MR) is 93.1 cm³/mol. The van der Waals surface area contributed by atoms with E-state index in [4.69, 9.17) is 4.74 Å². The highest BCUT2D eigenvalue weighted by Gasteiger charge is 2.43. The Morgan fingerprint density at radius 3 is 3.04 bits per heavy atom. The molecular formula is C19H25N3O2. The van der Waals surface area contributed by atoms with Gasteiger partial charge in [0.05, 0.1) is 6.04 Å². The fourth-order valence-corrected chi connectivity index (χ4v) is 3.92. The molecule has 5 heteroatoms. The summed E-state index contributed by atoms with van der Waals surface area (Å²) < 4.78 is 6.31. The summed E-state index contributed by atoms with van der Waals surface area (Å²) in [5.74, 6) is 0.909. The zero-order chi connectivity index (χ0) is 16.6. The van der Waals surface area contributed by atoms with Gasteiger partial charge in [-0.1, -0.05) is 29.8 Å². The molecule has 1 aromatic rings. The second-order valence-corrected chi connectivity index (χ2v) is 7.20. The van der Waals surface area contributed by atoms with Crippen molar-refractivity contribution in [2.75, 3.05) is 26.2 Å². The topological polar surface area (TPSA) is 53.6 Å². The molecule has 0 radical (unpaired) electrons. The molecule has 2 N–H and O–H groups in total. The van der Waals surface area contributed by atoms with Crippen LogP contribution in [0, 0.1) is 0 Å². The minimum absolute atomic E-state index is 0.00866. The largest absolute Gasteiger partial charge is 0.485 e. The Morgan fingerprint density at radius 2 is 2.29 bits per heavy atom. The molecule has 3 heterocycles. The molecule has 1 saturated heterocycles. The number of nitrogens with zero attached hydrogens (tertiary/aromatic N) is 1. The van der Waals surface area contributed by atoms with Crippen molar-refractivity contribution in [1.29, 1.82) is 0 Å². The van der Waals surface area contributed by atoms with Crippen molar-refractivity contribution < 1.29 is 9.53 Å². The van der Waals surface area contributed by atoms with Crippen molar-refractivity contribution in [1.82, 2.24) is 15.5 Å². The van der Waals surface area contributed by atoms with Crippen molar-refractivity contribution in [3.63, 3.8) is 0 Å². The van der Waals surface area contributed by atoms with Gasteiger partial charge >= 0.3 is 6.03 Å². The van der Waals surface area contributed by atoms with Crippen molar-refractivity contribution >= 4 is 6.03 Å². The molecule has 1 aromatic carbocycles. The second-order valence-electron chi connectivity index (χ2n) is 7.20. The number of carbonyl (C=O) groups excluding carboxylic acids is 1. The molecule has 0 aliphatic carbocycles. The van der Waals surface area contributed by atoms with E-state index in [1.165, 1.54) is 5.57 Å². The number of para-hydroxylation sites is 1. The van der Waals surface area contributed by atoms with Crippen LogP contribution in [-0.2, 0) is 0 Å². The van der Waals surface area contributed by atoms with Crippen LogP contribution in [0.3, 0.4) is 0 Å². The van der Waals surface area contributed by atoms with E-state index >= 15 is 0 Å². The molecule has 2 amide bonds. The highest BCUT2D eigenvalue weighted by Crippen LogP contribution is 2.42. The number of hydrogen-bond acceptors (Lipinski definition) is 3. The number of amides is 2. The Bertz CT molecular complexity index is 664. The summed E-state index contributed by atoms with van der Waals surface area (Å²) in [6.45, 7) is 5.44. The Hall–Kier alpha value is -2.01. The fourth-order valence-electron chi connectivity index (χ4n) is 3.92. The third kappa shape index (κ3) is 2.88. The zero-order valence-electron chi connectivity index (χ0n) is 14.2. The molecular weight excluding hydrogens is 302 g/mol. The quantitative estimate of drug-likeness (QED) is 0.780. The number of rotatable bonds is 1. The van der Waals surface area contributed by atoms with E-state index in [0.717, 1.165) is 50.2 Å². The highest BCUT2D eigenvalue weighted by molar-refractivity contribution is 5.75. The smallest absolute Gasteiger partial charge is 0.318 e. The lowest BCUT2D eigenvalue weighted by molar-refractivity contribution is 0.0498. The molecule has 0 saturated carbocycles. The molecule has 2 unspecified atom stereocenters. The van der Waals surface area contributed by atoms with Gasteiger partial charge in [-0.05, 0) is 26.0 Å². The van der Waals surface area contributed by atoms with E-state index in [0.29, 0.717) is 6.54 Å². The van der Waals surface area contributed by atoms with Crippen LogP contribution in [0.1, 0.15) is 37.8 Å². The first-order chi connectivity index (χ1) is 11.7. The predicted octanol–water partition coefficient (Wildman–Crippen LogP) is 2.60. The van der Waals surface area contributed by atoms with E-state index in [1.807, 2.05) is 23.1 Å². The number of urea groups is 1. The summed E-state index contributed by atoms with van der Waals surface area (Å²) in [7, 11) is 0. The fraction of sp³-hybridized carbons (Fsp3) is 0.526. The van der Waals surface area contributed by atoms with Crippen LogP contribution in [0.15, 0.2) is 35.9 Å². The number of hydrogen-bond donors (Lipinski definition) is 2. The molecule has 5 nitrogen and oxygen atoms in total. The van der Waals surface area contributed by atoms with Gasteiger partial charge < -0.3 is 20.3 Å². The standard InChI is InChI=1S/C19H25N3O2/c1-14-6-10-22(11-7-14)18(23)21-16-12-19(8-9-20-13-19)24-17-5-3-2-4-15(16)17/h2-6,16,20H,7-13H2,1H3,(H,21,23). The number of ether oxygens (including phenoxy) is 1. The van der Waals surface area contributed by atoms with Crippen LogP contribution in [0.2, 0.25) is 0 Å². The molecule has 1 spiro atoms. The monoisotopic (exact) mass is 327 g/mol. The Labute approximate surface area is 143 Å². The van der Waals surface area contributed by atoms with Crippen LogP contribution in [0.5, 0.6) is 5.75 Å². The van der Waals surface area contributed by atoms with Crippen molar-refractivity contribution in [2.24, 2.45) is 0 Å². The first-order valence-corrected chi connectivity index (χ1v) is 8.85. The molecule has 0 bridgehead atoms. The molecule has 1 fully saturated rings. The lowest BCUT2D eigenvalue weighted by Gasteiger charge is -2.40. The van der Waals surface area contributed by atoms with Gasteiger partial charge in [-0.3, -0.25) is 0 Å². The summed E-state index contributed by atoms with van der Waals surface area (Å²) in [5, 5.41) is 6.66. The molecule has 24 heavy (non-hydrogen) atoms. The van der Waals surface area contributed by atoms with Gasteiger partial charge in [0.15, 0.2) is 0 Å². The number of nitrogens with one attached hydrogen (secondary N) is 2. The van der Waals surface area contributed by atoms with E-state index in [1.54, 1.807) is 0 Å². The zero-order valence-corrected chi connectivity index (χ0v) is 14.2. The summed E-state index contributed by atoms with van der Waals surface area (Å²) in [4.78, 5) is 14.6. The van der Waals surface area contributed by atoms with Crippen LogP contribution in [0.4, 0.5) is 4.79 Å². The van der Waals surface area contributed by atoms with Crippen molar-refractivity contribution in [3.05, 3.63) is 41.5 Å². The summed E-state index contributed by atoms with van der Waals surface area (Å²) in [6, 6.07) is 8.13. The number of benzene rings is 1. The maximum absolute atomic E-state index is 12.7. The van der Waals surface area contributed by atoms with Gasteiger partial charge in [-0.2, -0.15) is 0 Å². The second kappa shape index (κ2) is 6.13. The summed E-state index contributed by atoms with van der Waals surface area (Å²) in [6.07, 6.45) is 4.92. The molecule has 0 aromatic heterocycles. The summed E-state index contributed by atoms with van der Waals surface area (Å²) >= 11 is 0. The lowest BCUT2D eigenvalue weighted by Crippen LogP contribution is -2.49. The first kappa shape index (κ1) is 15.5. The third-order valence-corrected chi connectivity index (χ3v) is 5.42. The van der Waals surface area contributed by atoms with Crippen LogP contribution in [0.25, 0.3) is 0 Å². The maximum Gasteiger partial charge on any atom is 0.318 e. The third-order valence-electron chi connectivity index (χ3n) is 5.42. The van der Waals surface area contributed by atoms with Gasteiger partial charge in [0.25, 0.3) is 0 Å². The minimum atomic E-state index is -0.190. The minimum Gasteiger partial charge on any atom is -0.485 e. The Balaban J connectivity index is 1.54. The van der Waals surface area contributed by atoms with E-state index in [2.05, 4.69) is 29.7 Å². The molecule has 2 atom stereocenters. The average molecular weight is 327 g/mol. The van der Waals surface area contributed by atoms with Gasteiger partial charge in [0, 0.05) is 38.0 Å². The maximum atomic E-state index is 12.7. The van der Waals surface area contributed by atoms with Crippen molar-refractivity contribution in [2.45, 2.75) is 37.8 Å². The number of carbonyl (C=O) groups is 1. The molecule has 4 rings (SSSR count). The van der Waals surface area contributed by atoms with Gasteiger partial charge in [-0.25, -0.2) is 4.79 Å². The van der Waals surface area contributed by atoms with Crippen LogP contribution in [-0.4, -0.2) is 42.7 Å². The van der Waals surface area contributed by atoms with Crippen molar-refractivity contribution in [3.8, 4) is 5.75 Å². The molecule has 3 aliphatic heterocycles. The van der Waals surface area contributed by atoms with Gasteiger partial charge in [-0.15, -0.1) is 0 Å². The Kier molecular flexibility index (Phi) is 3.96. The highest BCUT2D eigenvalue weighted by atomic mass is 16.5. The Morgan fingerprint density at radius 1 is 1.42 bits per heavy atom. The van der Waals surface area contributed by atoms with E-state index in [-0.39, 0.29) is 17.7 Å². The van der Waals surface area contributed by atoms with Gasteiger partial charge in [0.1, 0.15) is 11.4 Å². The SMILES string of the molecule is CC1=CCN(C(=O)NC2CC3(CCNC3)Oc3ccccc32)CC1. The normalized spacial score (nSPS) is 29.0. The van der Waals surface area contributed by atoms with E-state index in [9.17, 15) is 4.79 Å². The summed E-state index contributed by atoms with van der Waals surface area (Å²) in [5.41, 5.74) is 2.27. The van der Waals surface area contributed by atoms with Crippen LogP contribution >= 0.6 is 0 Å². The number of fused-ring (bicyclic) bond motifs is 1.